The molecule has 3 rings (SSSR count). The van der Waals surface area contributed by atoms with E-state index in [0.717, 1.165) is 17.7 Å². The van der Waals surface area contributed by atoms with Gasteiger partial charge in [0.25, 0.3) is 5.56 Å². The van der Waals surface area contributed by atoms with E-state index in [1.165, 1.54) is 17.0 Å². The molecule has 1 aliphatic rings. The number of para-hydroxylation sites is 1. The Kier molecular flexibility index (Phi) is 4.38. The van der Waals surface area contributed by atoms with E-state index in [4.69, 9.17) is 0 Å². The lowest BCUT2D eigenvalue weighted by molar-refractivity contribution is -0.118. The van der Waals surface area contributed by atoms with Crippen molar-refractivity contribution in [2.45, 2.75) is 32.9 Å². The highest BCUT2D eigenvalue weighted by Gasteiger charge is 2.34. The molecular formula is C18H22N4O2. The summed E-state index contributed by atoms with van der Waals surface area (Å²) in [4.78, 5) is 31.2. The van der Waals surface area contributed by atoms with Crippen molar-refractivity contribution in [3.05, 3.63) is 52.6 Å². The van der Waals surface area contributed by atoms with Crippen LogP contribution >= 0.6 is 0 Å². The van der Waals surface area contributed by atoms with E-state index in [-0.39, 0.29) is 23.4 Å². The molecule has 0 spiro atoms. The number of amides is 1. The van der Waals surface area contributed by atoms with E-state index in [9.17, 15) is 9.59 Å². The minimum absolute atomic E-state index is 0.0585. The second-order valence-electron chi connectivity index (χ2n) is 6.30. The first-order valence-corrected chi connectivity index (χ1v) is 8.19. The van der Waals surface area contributed by atoms with Crippen molar-refractivity contribution >= 4 is 17.4 Å². The van der Waals surface area contributed by atoms with E-state index in [2.05, 4.69) is 17.2 Å². The number of rotatable bonds is 3. The molecule has 0 aliphatic carbocycles. The van der Waals surface area contributed by atoms with Gasteiger partial charge in [0, 0.05) is 25.3 Å². The third kappa shape index (κ3) is 2.91. The summed E-state index contributed by atoms with van der Waals surface area (Å²) in [5.41, 5.74) is 1.70. The fourth-order valence-corrected chi connectivity index (χ4v) is 3.03. The zero-order valence-corrected chi connectivity index (χ0v) is 14.2. The predicted octanol–water partition coefficient (Wildman–Crippen LogP) is 2.15. The SMILES string of the molecule is CCC(C)C1C(=O)Nc2ccccc2CN1c1cc(=O)n(C)cn1. The number of carbonyl (C=O) groups is 1. The number of benzene rings is 1. The normalized spacial score (nSPS) is 18.5. The lowest BCUT2D eigenvalue weighted by Gasteiger charge is -2.33. The van der Waals surface area contributed by atoms with Crippen LogP contribution in [0.3, 0.4) is 0 Å². The second-order valence-corrected chi connectivity index (χ2v) is 6.30. The van der Waals surface area contributed by atoms with Crippen LogP contribution < -0.4 is 15.8 Å². The Bertz CT molecular complexity index is 815. The maximum Gasteiger partial charge on any atom is 0.255 e. The molecule has 6 heteroatoms. The van der Waals surface area contributed by atoms with E-state index in [0.29, 0.717) is 12.4 Å². The van der Waals surface area contributed by atoms with Crippen LogP contribution in [-0.2, 0) is 18.4 Å². The van der Waals surface area contributed by atoms with Crippen molar-refractivity contribution in [3.8, 4) is 0 Å². The summed E-state index contributed by atoms with van der Waals surface area (Å²) in [6.07, 6.45) is 2.36. The van der Waals surface area contributed by atoms with Crippen LogP contribution in [-0.4, -0.2) is 21.5 Å². The molecule has 1 N–H and O–H groups in total. The van der Waals surface area contributed by atoms with Crippen LogP contribution in [0, 0.1) is 5.92 Å². The van der Waals surface area contributed by atoms with Gasteiger partial charge in [-0.2, -0.15) is 0 Å². The van der Waals surface area contributed by atoms with E-state index >= 15 is 0 Å². The Morgan fingerprint density at radius 2 is 2.08 bits per heavy atom. The molecule has 1 amide bonds. The van der Waals surface area contributed by atoms with Gasteiger partial charge in [-0.1, -0.05) is 38.5 Å². The number of nitrogens with zero attached hydrogens (tertiary/aromatic N) is 3. The number of aryl methyl sites for hydroxylation is 1. The summed E-state index contributed by atoms with van der Waals surface area (Å²) in [6, 6.07) is 8.87. The Morgan fingerprint density at radius 3 is 2.79 bits per heavy atom. The smallest absolute Gasteiger partial charge is 0.255 e. The van der Waals surface area contributed by atoms with Crippen molar-refractivity contribution in [2.24, 2.45) is 13.0 Å². The Morgan fingerprint density at radius 1 is 1.33 bits per heavy atom. The molecule has 0 fully saturated rings. The Balaban J connectivity index is 2.11. The summed E-state index contributed by atoms with van der Waals surface area (Å²) in [5.74, 6) is 0.609. The van der Waals surface area contributed by atoms with Crippen LogP contribution in [0.1, 0.15) is 25.8 Å². The second kappa shape index (κ2) is 6.47. The van der Waals surface area contributed by atoms with Gasteiger partial charge in [0.05, 0.1) is 6.33 Å². The molecular weight excluding hydrogens is 304 g/mol. The maximum absolute atomic E-state index is 12.8. The van der Waals surface area contributed by atoms with Crippen molar-refractivity contribution in [1.82, 2.24) is 9.55 Å². The molecule has 0 saturated carbocycles. The lowest BCUT2D eigenvalue weighted by atomic mass is 9.96. The number of anilines is 2. The number of aromatic nitrogens is 2. The monoisotopic (exact) mass is 326 g/mol. The largest absolute Gasteiger partial charge is 0.340 e. The third-order valence-electron chi connectivity index (χ3n) is 4.66. The number of carbonyl (C=O) groups excluding carboxylic acids is 1. The topological polar surface area (TPSA) is 67.2 Å². The fourth-order valence-electron chi connectivity index (χ4n) is 3.03. The maximum atomic E-state index is 12.8. The van der Waals surface area contributed by atoms with Crippen molar-refractivity contribution < 1.29 is 4.79 Å². The minimum Gasteiger partial charge on any atom is -0.340 e. The summed E-state index contributed by atoms with van der Waals surface area (Å²) in [6.45, 7) is 4.64. The lowest BCUT2D eigenvalue weighted by Crippen LogP contribution is -2.47. The molecule has 6 nitrogen and oxygen atoms in total. The van der Waals surface area contributed by atoms with Crippen LogP contribution in [0.2, 0.25) is 0 Å². The first-order valence-electron chi connectivity index (χ1n) is 8.19. The van der Waals surface area contributed by atoms with Gasteiger partial charge in [-0.15, -0.1) is 0 Å². The molecule has 24 heavy (non-hydrogen) atoms. The van der Waals surface area contributed by atoms with Crippen LogP contribution in [0.5, 0.6) is 0 Å². The first-order chi connectivity index (χ1) is 11.5. The molecule has 0 bridgehead atoms. The van der Waals surface area contributed by atoms with Crippen molar-refractivity contribution in [2.75, 3.05) is 10.2 Å². The molecule has 2 atom stereocenters. The fraction of sp³-hybridized carbons (Fsp3) is 0.389. The number of hydrogen-bond donors (Lipinski definition) is 1. The van der Waals surface area contributed by atoms with E-state index in [1.807, 2.05) is 36.1 Å². The highest BCUT2D eigenvalue weighted by atomic mass is 16.2. The molecule has 1 aliphatic heterocycles. The predicted molar refractivity (Wildman–Crippen MR) is 94.0 cm³/mol. The van der Waals surface area contributed by atoms with Gasteiger partial charge >= 0.3 is 0 Å². The van der Waals surface area contributed by atoms with Gasteiger partial charge < -0.3 is 14.8 Å². The number of fused-ring (bicyclic) bond motifs is 1. The first kappa shape index (κ1) is 16.2. The highest BCUT2D eigenvalue weighted by molar-refractivity contribution is 5.98. The van der Waals surface area contributed by atoms with Gasteiger partial charge in [-0.25, -0.2) is 4.98 Å². The average Bonchev–Trinajstić information content (AvgIpc) is 2.72. The van der Waals surface area contributed by atoms with Gasteiger partial charge in [-0.05, 0) is 17.5 Å². The standard InChI is InChI=1S/C18H22N4O2/c1-4-12(2)17-18(24)20-14-8-6-5-7-13(14)10-22(17)15-9-16(23)21(3)11-19-15/h5-9,11-12,17H,4,10H2,1-3H3,(H,20,24). The Hall–Kier alpha value is -2.63. The van der Waals surface area contributed by atoms with Gasteiger partial charge in [0.15, 0.2) is 0 Å². The molecule has 2 heterocycles. The zero-order valence-electron chi connectivity index (χ0n) is 14.2. The van der Waals surface area contributed by atoms with Crippen LogP contribution in [0.25, 0.3) is 0 Å². The number of nitrogens with one attached hydrogen (secondary N) is 1. The van der Waals surface area contributed by atoms with E-state index in [1.54, 1.807) is 7.05 Å². The average molecular weight is 326 g/mol. The summed E-state index contributed by atoms with van der Waals surface area (Å²) in [5, 5.41) is 3.02. The molecule has 0 saturated heterocycles. The third-order valence-corrected chi connectivity index (χ3v) is 4.66. The Labute approximate surface area is 141 Å². The van der Waals surface area contributed by atoms with Gasteiger partial charge in [0.1, 0.15) is 11.9 Å². The van der Waals surface area contributed by atoms with Gasteiger partial charge in [0.2, 0.25) is 5.91 Å². The molecule has 1 aromatic heterocycles. The quantitative estimate of drug-likeness (QED) is 0.938. The molecule has 2 unspecified atom stereocenters. The summed E-state index contributed by atoms with van der Waals surface area (Å²) >= 11 is 0. The minimum atomic E-state index is -0.373. The molecule has 1 aromatic carbocycles. The van der Waals surface area contributed by atoms with Gasteiger partial charge in [-0.3, -0.25) is 9.59 Å². The highest BCUT2D eigenvalue weighted by Crippen LogP contribution is 2.29. The van der Waals surface area contributed by atoms with Crippen LogP contribution in [0.15, 0.2) is 41.5 Å². The van der Waals surface area contributed by atoms with E-state index < -0.39 is 0 Å². The van der Waals surface area contributed by atoms with Crippen molar-refractivity contribution in [1.29, 1.82) is 0 Å². The molecule has 0 radical (unpaired) electrons. The number of hydrogen-bond acceptors (Lipinski definition) is 4. The zero-order chi connectivity index (χ0) is 17.3. The van der Waals surface area contributed by atoms with Crippen LogP contribution in [0.4, 0.5) is 11.5 Å². The molecule has 2 aromatic rings. The summed E-state index contributed by atoms with van der Waals surface area (Å²) < 4.78 is 1.42. The molecule has 126 valence electrons. The summed E-state index contributed by atoms with van der Waals surface area (Å²) in [7, 11) is 1.66. The van der Waals surface area contributed by atoms with Crippen molar-refractivity contribution in [3.63, 3.8) is 0 Å².